The monoisotopic (exact) mass is 194 g/mol. The summed E-state index contributed by atoms with van der Waals surface area (Å²) in [5, 5.41) is 16.7. The first-order valence-electron chi connectivity index (χ1n) is 3.37. The van der Waals surface area contributed by atoms with Gasteiger partial charge in [-0.15, -0.1) is 9.24 Å². The molecular formula is C6H11O5P. The smallest absolute Gasteiger partial charge is 0.478 e. The van der Waals surface area contributed by atoms with E-state index in [-0.39, 0.29) is 0 Å². The number of hydrogen-bond donors (Lipinski definition) is 2. The zero-order valence-corrected chi connectivity index (χ0v) is 7.71. The second-order valence-corrected chi connectivity index (χ2v) is 3.07. The minimum absolute atomic E-state index is 0.390. The van der Waals surface area contributed by atoms with Gasteiger partial charge in [0.25, 0.3) is 0 Å². The molecule has 12 heavy (non-hydrogen) atoms. The Morgan fingerprint density at radius 2 is 2.00 bits per heavy atom. The van der Waals surface area contributed by atoms with Crippen LogP contribution in [0.2, 0.25) is 0 Å². The predicted molar refractivity (Wildman–Crippen MR) is 44.3 cm³/mol. The molecule has 3 unspecified atom stereocenters. The third kappa shape index (κ3) is 3.53. The molecule has 0 aromatic carbocycles. The molecular weight excluding hydrogens is 183 g/mol. The van der Waals surface area contributed by atoms with Crippen molar-refractivity contribution in [2.75, 3.05) is 0 Å². The van der Waals surface area contributed by atoms with Crippen molar-refractivity contribution >= 4 is 21.4 Å². The van der Waals surface area contributed by atoms with E-state index in [1.165, 1.54) is 0 Å². The van der Waals surface area contributed by atoms with Gasteiger partial charge in [0.05, 0.1) is 0 Å². The molecule has 0 radical (unpaired) electrons. The van der Waals surface area contributed by atoms with Crippen molar-refractivity contribution in [1.29, 1.82) is 0 Å². The first-order chi connectivity index (χ1) is 5.49. The maximum atomic E-state index is 10.4. The standard InChI is InChI=1S/C6H11O5P/c1-2-3(12)4(5(7)8)11-6(9)10/h3-4H,2,12H2,1H3,(H,7,8)(H,9,10). The summed E-state index contributed by atoms with van der Waals surface area (Å²) in [6.07, 6.45) is -2.34. The molecule has 70 valence electrons. The number of ether oxygens (including phenoxy) is 1. The molecule has 0 saturated heterocycles. The van der Waals surface area contributed by atoms with E-state index in [4.69, 9.17) is 10.2 Å². The number of rotatable bonds is 4. The highest BCUT2D eigenvalue weighted by Crippen LogP contribution is 2.13. The van der Waals surface area contributed by atoms with Crippen LogP contribution in [-0.4, -0.2) is 34.1 Å². The van der Waals surface area contributed by atoms with Gasteiger partial charge in [0, 0.05) is 5.66 Å². The SMILES string of the molecule is CCC(P)C(OC(=O)O)C(=O)O. The van der Waals surface area contributed by atoms with Crippen LogP contribution in [0.3, 0.4) is 0 Å². The van der Waals surface area contributed by atoms with Gasteiger partial charge < -0.3 is 14.9 Å². The van der Waals surface area contributed by atoms with E-state index >= 15 is 0 Å². The van der Waals surface area contributed by atoms with E-state index in [1.807, 2.05) is 0 Å². The molecule has 0 aromatic rings. The Labute approximate surface area is 71.9 Å². The number of hydrogen-bond acceptors (Lipinski definition) is 3. The first-order valence-corrected chi connectivity index (χ1v) is 4.03. The predicted octanol–water partition coefficient (Wildman–Crippen LogP) is 0.788. The summed E-state index contributed by atoms with van der Waals surface area (Å²) < 4.78 is 4.16. The van der Waals surface area contributed by atoms with Crippen LogP contribution in [0.25, 0.3) is 0 Å². The fourth-order valence-corrected chi connectivity index (χ4v) is 0.887. The fourth-order valence-electron chi connectivity index (χ4n) is 0.644. The Kier molecular flexibility index (Phi) is 4.59. The van der Waals surface area contributed by atoms with Crippen LogP contribution in [0, 0.1) is 0 Å². The Bertz CT molecular complexity index is 181. The molecule has 2 N–H and O–H groups in total. The second-order valence-electron chi connectivity index (χ2n) is 2.21. The van der Waals surface area contributed by atoms with Gasteiger partial charge in [-0.2, -0.15) is 0 Å². The van der Waals surface area contributed by atoms with Crippen LogP contribution in [-0.2, 0) is 9.53 Å². The molecule has 0 saturated carbocycles. The number of aliphatic carboxylic acids is 1. The first kappa shape index (κ1) is 11.2. The van der Waals surface area contributed by atoms with Crippen LogP contribution in [0.5, 0.6) is 0 Å². The summed E-state index contributed by atoms with van der Waals surface area (Å²) in [7, 11) is 2.24. The van der Waals surface area contributed by atoms with Crippen molar-refractivity contribution in [3.8, 4) is 0 Å². The van der Waals surface area contributed by atoms with Gasteiger partial charge in [0.1, 0.15) is 0 Å². The molecule has 0 rings (SSSR count). The largest absolute Gasteiger partial charge is 0.506 e. The lowest BCUT2D eigenvalue weighted by Crippen LogP contribution is -2.34. The molecule has 0 fully saturated rings. The van der Waals surface area contributed by atoms with Gasteiger partial charge in [-0.3, -0.25) is 0 Å². The third-order valence-corrected chi connectivity index (χ3v) is 2.15. The summed E-state index contributed by atoms with van der Waals surface area (Å²) in [5.74, 6) is -1.26. The summed E-state index contributed by atoms with van der Waals surface area (Å²) in [6, 6.07) is 0. The minimum Gasteiger partial charge on any atom is -0.478 e. The molecule has 0 bridgehead atoms. The lowest BCUT2D eigenvalue weighted by atomic mass is 10.2. The van der Waals surface area contributed by atoms with Gasteiger partial charge >= 0.3 is 12.1 Å². The van der Waals surface area contributed by atoms with Crippen LogP contribution in [0.4, 0.5) is 4.79 Å². The Hall–Kier alpha value is -0.830. The average molecular weight is 194 g/mol. The number of carboxylic acid groups (broad SMARTS) is 2. The molecule has 5 nitrogen and oxygen atoms in total. The van der Waals surface area contributed by atoms with Gasteiger partial charge in [-0.25, -0.2) is 9.59 Å². The minimum atomic E-state index is -1.57. The molecule has 0 aromatic heterocycles. The quantitative estimate of drug-likeness (QED) is 0.510. The van der Waals surface area contributed by atoms with Crippen molar-refractivity contribution in [3.63, 3.8) is 0 Å². The van der Waals surface area contributed by atoms with Crippen molar-refractivity contribution in [3.05, 3.63) is 0 Å². The van der Waals surface area contributed by atoms with Gasteiger partial charge in [-0.1, -0.05) is 6.92 Å². The van der Waals surface area contributed by atoms with Crippen molar-refractivity contribution in [1.82, 2.24) is 0 Å². The molecule has 0 aliphatic rings. The summed E-state index contributed by atoms with van der Waals surface area (Å²) in [6.45, 7) is 1.75. The molecule has 0 aliphatic carbocycles. The van der Waals surface area contributed by atoms with Crippen molar-refractivity contribution in [2.24, 2.45) is 0 Å². The fraction of sp³-hybridized carbons (Fsp3) is 0.667. The highest BCUT2D eigenvalue weighted by molar-refractivity contribution is 7.17. The maximum absolute atomic E-state index is 10.4. The van der Waals surface area contributed by atoms with E-state index in [0.29, 0.717) is 6.42 Å². The van der Waals surface area contributed by atoms with E-state index < -0.39 is 23.9 Å². The maximum Gasteiger partial charge on any atom is 0.506 e. The number of carbonyl (C=O) groups is 2. The Morgan fingerprint density at radius 1 is 1.50 bits per heavy atom. The third-order valence-electron chi connectivity index (χ3n) is 1.33. The molecule has 0 spiro atoms. The second kappa shape index (κ2) is 4.93. The molecule has 0 amide bonds. The highest BCUT2D eigenvalue weighted by atomic mass is 31.0. The average Bonchev–Trinajstić information content (AvgIpc) is 1.98. The Balaban J connectivity index is 4.22. The lowest BCUT2D eigenvalue weighted by molar-refractivity contribution is -0.147. The van der Waals surface area contributed by atoms with E-state index in [0.717, 1.165) is 0 Å². The zero-order chi connectivity index (χ0) is 9.72. The number of carboxylic acids is 1. The lowest BCUT2D eigenvalue weighted by Gasteiger charge is -2.16. The van der Waals surface area contributed by atoms with E-state index in [1.54, 1.807) is 6.92 Å². The van der Waals surface area contributed by atoms with E-state index in [9.17, 15) is 9.59 Å². The molecule has 0 aliphatic heterocycles. The van der Waals surface area contributed by atoms with Gasteiger partial charge in [0.15, 0.2) is 0 Å². The molecule has 0 heterocycles. The van der Waals surface area contributed by atoms with Gasteiger partial charge in [0.2, 0.25) is 6.10 Å². The molecule has 3 atom stereocenters. The van der Waals surface area contributed by atoms with Crippen LogP contribution in [0.15, 0.2) is 0 Å². The summed E-state index contributed by atoms with van der Waals surface area (Å²) in [5.41, 5.74) is -0.390. The Morgan fingerprint density at radius 3 is 2.25 bits per heavy atom. The summed E-state index contributed by atoms with van der Waals surface area (Å²) in [4.78, 5) is 20.5. The van der Waals surface area contributed by atoms with Crippen molar-refractivity contribution < 1.29 is 24.5 Å². The highest BCUT2D eigenvalue weighted by Gasteiger charge is 2.27. The van der Waals surface area contributed by atoms with Gasteiger partial charge in [-0.05, 0) is 6.42 Å². The molecule has 6 heteroatoms. The topological polar surface area (TPSA) is 83.8 Å². The van der Waals surface area contributed by atoms with Crippen LogP contribution in [0.1, 0.15) is 13.3 Å². The normalized spacial score (nSPS) is 14.8. The zero-order valence-electron chi connectivity index (χ0n) is 6.56. The summed E-state index contributed by atoms with van der Waals surface area (Å²) >= 11 is 0. The van der Waals surface area contributed by atoms with Crippen LogP contribution >= 0.6 is 9.24 Å². The van der Waals surface area contributed by atoms with E-state index in [2.05, 4.69) is 14.0 Å². The van der Waals surface area contributed by atoms with Crippen LogP contribution < -0.4 is 0 Å². The van der Waals surface area contributed by atoms with Crippen molar-refractivity contribution in [2.45, 2.75) is 25.1 Å².